The first kappa shape index (κ1) is 73.4. The quantitative estimate of drug-likeness (QED) is 0.0211. The van der Waals surface area contributed by atoms with Crippen LogP contribution in [0.5, 0.6) is 0 Å². The van der Waals surface area contributed by atoms with Crippen LogP contribution in [0.3, 0.4) is 0 Å². The molecule has 0 amide bonds. The molecule has 2 atom stereocenters. The summed E-state index contributed by atoms with van der Waals surface area (Å²) in [6.07, 6.45) is 81.4. The normalized spacial score (nSPS) is 14.1. The average molecular weight is 1090 g/mol. The topological polar surface area (TPSA) is 108 Å². The summed E-state index contributed by atoms with van der Waals surface area (Å²) in [6.45, 7) is 4.28. The largest absolute Gasteiger partial charge is 0.472 e. The maximum atomic E-state index is 12.8. The Hall–Kier alpha value is -3.59. The number of likely N-dealkylation sites (N-methyl/N-ethyl adjacent to an activating group) is 1. The minimum Gasteiger partial charge on any atom is -0.462 e. The second kappa shape index (κ2) is 57.1. The second-order valence-corrected chi connectivity index (χ2v) is 22.8. The third-order valence-corrected chi connectivity index (χ3v) is 13.7. The van der Waals surface area contributed by atoms with Crippen LogP contribution in [0.4, 0.5) is 0 Å². The molecule has 0 spiro atoms. The lowest BCUT2D eigenvalue weighted by Crippen LogP contribution is -2.37. The highest BCUT2D eigenvalue weighted by Crippen LogP contribution is 2.43. The zero-order valence-electron chi connectivity index (χ0n) is 49.9. The fraction of sp³-hybridized carbons (Fsp3) is 0.672. The number of nitrogens with zero attached hydrogens (tertiary/aromatic N) is 1. The number of quaternary nitrogens is 1. The van der Waals surface area contributed by atoms with Gasteiger partial charge in [0, 0.05) is 12.8 Å². The number of phosphoric acid groups is 1. The number of carbonyl (C=O) groups is 2. The Morgan fingerprint density at radius 1 is 0.416 bits per heavy atom. The van der Waals surface area contributed by atoms with E-state index in [2.05, 4.69) is 135 Å². The summed E-state index contributed by atoms with van der Waals surface area (Å²) in [5.74, 6) is -0.850. The van der Waals surface area contributed by atoms with Crippen LogP contribution in [-0.4, -0.2) is 74.9 Å². The molecule has 2 unspecified atom stereocenters. The van der Waals surface area contributed by atoms with E-state index >= 15 is 0 Å². The van der Waals surface area contributed by atoms with Crippen LogP contribution in [0.15, 0.2) is 122 Å². The molecule has 0 aromatic heterocycles. The van der Waals surface area contributed by atoms with E-state index < -0.39 is 26.5 Å². The predicted molar refractivity (Wildman–Crippen MR) is 330 cm³/mol. The van der Waals surface area contributed by atoms with Gasteiger partial charge in [-0.05, 0) is 89.9 Å². The van der Waals surface area contributed by atoms with E-state index in [1.54, 1.807) is 0 Å². The van der Waals surface area contributed by atoms with Crippen LogP contribution in [-0.2, 0) is 32.7 Å². The first-order valence-electron chi connectivity index (χ1n) is 30.8. The standard InChI is InChI=1S/C67H114NO8P/c1-6-8-10-12-14-16-18-20-22-24-26-28-29-30-31-32-33-34-35-36-37-38-39-40-42-44-46-48-50-52-54-56-58-60-67(70)76-65(64-75-77(71,72)74-62-61-68(3,4)5)63-73-66(69)59-57-55-53-51-49-47-45-43-41-27-25-23-21-19-17-15-13-11-9-7-2/h8,10,14,16,20,22,26,28,30-31,33-34,36-37,39-40,44,46,50,52,65H,6-7,9,11-13,15,17-19,21,23-25,27,29,32,35,38,41-43,45,47-49,51,53-64H2,1-5H3/p+1/b10-8-,16-14-,22-20-,28-26-,31-30-,34-33-,37-36-,40-39-,46-44-,52-50-. The number of ether oxygens (including phenoxy) is 2. The molecule has 77 heavy (non-hydrogen) atoms. The van der Waals surface area contributed by atoms with E-state index in [1.807, 2.05) is 21.1 Å². The van der Waals surface area contributed by atoms with Crippen LogP contribution in [0.2, 0.25) is 0 Å². The lowest BCUT2D eigenvalue weighted by atomic mass is 10.0. The number of carbonyl (C=O) groups excluding carboxylic acids is 2. The molecule has 0 radical (unpaired) electrons. The number of hydrogen-bond donors (Lipinski definition) is 1. The van der Waals surface area contributed by atoms with Crippen molar-refractivity contribution < 1.29 is 42.1 Å². The minimum atomic E-state index is -4.41. The number of phosphoric ester groups is 1. The fourth-order valence-electron chi connectivity index (χ4n) is 8.04. The number of allylic oxidation sites excluding steroid dienone is 20. The van der Waals surface area contributed by atoms with Crippen LogP contribution in [0.25, 0.3) is 0 Å². The molecule has 0 saturated heterocycles. The van der Waals surface area contributed by atoms with E-state index in [4.69, 9.17) is 18.5 Å². The van der Waals surface area contributed by atoms with E-state index in [1.165, 1.54) is 109 Å². The highest BCUT2D eigenvalue weighted by atomic mass is 31.2. The summed E-state index contributed by atoms with van der Waals surface area (Å²) in [4.78, 5) is 35.7. The average Bonchev–Trinajstić information content (AvgIpc) is 3.39. The number of esters is 2. The first-order valence-corrected chi connectivity index (χ1v) is 32.3. The Morgan fingerprint density at radius 2 is 0.740 bits per heavy atom. The number of hydrogen-bond acceptors (Lipinski definition) is 7. The van der Waals surface area contributed by atoms with Crippen molar-refractivity contribution in [2.24, 2.45) is 0 Å². The first-order chi connectivity index (χ1) is 37.5. The molecule has 0 aliphatic heterocycles. The molecule has 0 bridgehead atoms. The van der Waals surface area contributed by atoms with Gasteiger partial charge in [-0.3, -0.25) is 18.6 Å². The molecule has 0 aromatic rings. The van der Waals surface area contributed by atoms with E-state index in [0.717, 1.165) is 96.3 Å². The molecule has 9 nitrogen and oxygen atoms in total. The van der Waals surface area contributed by atoms with Gasteiger partial charge in [0.05, 0.1) is 27.7 Å². The zero-order valence-corrected chi connectivity index (χ0v) is 50.8. The van der Waals surface area contributed by atoms with Gasteiger partial charge in [-0.1, -0.05) is 257 Å². The summed E-state index contributed by atoms with van der Waals surface area (Å²) in [5, 5.41) is 0. The van der Waals surface area contributed by atoms with E-state index in [-0.39, 0.29) is 32.0 Å². The molecule has 440 valence electrons. The summed E-state index contributed by atoms with van der Waals surface area (Å²) in [7, 11) is 1.44. The second-order valence-electron chi connectivity index (χ2n) is 21.4. The molecular formula is C67H115NO8P+. The number of unbranched alkanes of at least 4 members (excludes halogenated alkanes) is 21. The van der Waals surface area contributed by atoms with Crippen molar-refractivity contribution >= 4 is 19.8 Å². The highest BCUT2D eigenvalue weighted by molar-refractivity contribution is 7.47. The predicted octanol–water partition coefficient (Wildman–Crippen LogP) is 19.5. The van der Waals surface area contributed by atoms with Crippen LogP contribution in [0.1, 0.15) is 239 Å². The lowest BCUT2D eigenvalue weighted by molar-refractivity contribution is -0.870. The summed E-state index contributed by atoms with van der Waals surface area (Å²) in [5.41, 5.74) is 0. The molecule has 0 aliphatic rings. The maximum absolute atomic E-state index is 12.8. The number of rotatable bonds is 55. The van der Waals surface area contributed by atoms with Gasteiger partial charge in [-0.15, -0.1) is 0 Å². The molecule has 0 aliphatic carbocycles. The Bertz CT molecular complexity index is 1710. The SMILES string of the molecule is CC/C=C\C/C=C\C/C=C\C/C=C\C/C=C\C/C=C\C/C=C\C/C=C\C/C=C\C/C=C\CCCCC(=O)OC(COC(=O)CCCCCCCCCCCCCCCCCCCCCC)COP(=O)(O)OCC[N+](C)(C)C. The summed E-state index contributed by atoms with van der Waals surface area (Å²) >= 11 is 0. The van der Waals surface area contributed by atoms with Crippen molar-refractivity contribution in [3.8, 4) is 0 Å². The highest BCUT2D eigenvalue weighted by Gasteiger charge is 2.27. The van der Waals surface area contributed by atoms with Gasteiger partial charge in [-0.25, -0.2) is 4.57 Å². The van der Waals surface area contributed by atoms with Crippen molar-refractivity contribution in [3.63, 3.8) is 0 Å². The molecule has 10 heteroatoms. The van der Waals surface area contributed by atoms with Crippen molar-refractivity contribution in [2.75, 3.05) is 47.5 Å². The smallest absolute Gasteiger partial charge is 0.462 e. The Morgan fingerprint density at radius 3 is 1.10 bits per heavy atom. The maximum Gasteiger partial charge on any atom is 0.472 e. The summed E-state index contributed by atoms with van der Waals surface area (Å²) in [6, 6.07) is 0. The van der Waals surface area contributed by atoms with Crippen molar-refractivity contribution in [1.82, 2.24) is 0 Å². The molecule has 0 saturated carbocycles. The minimum absolute atomic E-state index is 0.0179. The van der Waals surface area contributed by atoms with Gasteiger partial charge in [0.25, 0.3) is 0 Å². The van der Waals surface area contributed by atoms with E-state index in [9.17, 15) is 19.0 Å². The van der Waals surface area contributed by atoms with E-state index in [0.29, 0.717) is 17.4 Å². The Kier molecular flexibility index (Phi) is 54.4. The Labute approximate surface area is 473 Å². The third kappa shape index (κ3) is 61.5. The molecule has 0 rings (SSSR count). The van der Waals surface area contributed by atoms with Crippen molar-refractivity contribution in [3.05, 3.63) is 122 Å². The summed E-state index contributed by atoms with van der Waals surface area (Å²) < 4.78 is 34.5. The molecule has 0 heterocycles. The van der Waals surface area contributed by atoms with Gasteiger partial charge < -0.3 is 18.9 Å². The van der Waals surface area contributed by atoms with Gasteiger partial charge in [-0.2, -0.15) is 0 Å². The molecule has 0 aromatic carbocycles. The molecule has 0 fully saturated rings. The van der Waals surface area contributed by atoms with Gasteiger partial charge in [0.1, 0.15) is 19.8 Å². The monoisotopic (exact) mass is 1090 g/mol. The lowest BCUT2D eigenvalue weighted by Gasteiger charge is -2.24. The van der Waals surface area contributed by atoms with Crippen LogP contribution < -0.4 is 0 Å². The molecular weight excluding hydrogens is 978 g/mol. The van der Waals surface area contributed by atoms with Gasteiger partial charge >= 0.3 is 19.8 Å². The fourth-order valence-corrected chi connectivity index (χ4v) is 8.78. The van der Waals surface area contributed by atoms with Gasteiger partial charge in [0.2, 0.25) is 0 Å². The van der Waals surface area contributed by atoms with Crippen LogP contribution >= 0.6 is 7.82 Å². The van der Waals surface area contributed by atoms with Crippen molar-refractivity contribution in [2.45, 2.75) is 245 Å². The van der Waals surface area contributed by atoms with Gasteiger partial charge in [0.15, 0.2) is 6.10 Å². The zero-order chi connectivity index (χ0) is 56.3. The third-order valence-electron chi connectivity index (χ3n) is 12.8. The Balaban J connectivity index is 4.26. The molecule has 1 N–H and O–H groups in total. The van der Waals surface area contributed by atoms with Crippen LogP contribution in [0, 0.1) is 0 Å². The van der Waals surface area contributed by atoms with Crippen molar-refractivity contribution in [1.29, 1.82) is 0 Å².